The van der Waals surface area contributed by atoms with Crippen molar-refractivity contribution in [2.75, 3.05) is 28.3 Å². The van der Waals surface area contributed by atoms with Gasteiger partial charge in [0, 0.05) is 14.1 Å². The van der Waals surface area contributed by atoms with E-state index in [4.69, 9.17) is 0 Å². The lowest BCUT2D eigenvalue weighted by Gasteiger charge is -2.23. The number of carbonyl (C=O) groups is 1. The number of carbonyl (C=O) groups excluding carboxylic acids is 1. The van der Waals surface area contributed by atoms with Gasteiger partial charge in [-0.2, -0.15) is 5.01 Å². The Labute approximate surface area is 60.0 Å². The summed E-state index contributed by atoms with van der Waals surface area (Å²) in [5.74, 6) is 0. The first-order valence-electron chi connectivity index (χ1n) is 2.73. The van der Waals surface area contributed by atoms with Gasteiger partial charge in [-0.1, -0.05) is 0 Å². The molecule has 0 aromatic heterocycles. The summed E-state index contributed by atoms with van der Waals surface area (Å²) < 4.78 is 4.38. The maximum absolute atomic E-state index is 10.7. The molecule has 0 aliphatic carbocycles. The number of rotatable bonds is 2. The zero-order valence-electron chi connectivity index (χ0n) is 6.62. The highest BCUT2D eigenvalue weighted by Gasteiger charge is 2.14. The molecule has 5 nitrogen and oxygen atoms in total. The van der Waals surface area contributed by atoms with Gasteiger partial charge in [-0.05, 0) is 0 Å². The molecule has 5 heteroatoms. The van der Waals surface area contributed by atoms with E-state index >= 15 is 0 Å². The summed E-state index contributed by atoms with van der Waals surface area (Å²) in [5.41, 5.74) is 0. The molecule has 0 fully saturated rings. The zero-order chi connectivity index (χ0) is 8.15. The Kier molecular flexibility index (Phi) is 3.75. The molecule has 0 saturated heterocycles. The fraction of sp³-hybridized carbons (Fsp3) is 0.800. The largest absolute Gasteiger partial charge is 0.450 e. The van der Waals surface area contributed by atoms with Crippen molar-refractivity contribution in [2.24, 2.45) is 0 Å². The number of ether oxygens (including phenoxy) is 1. The average Bonchev–Trinajstić information content (AvgIpc) is 1.88. The normalized spacial score (nSPS) is 9.70. The van der Waals surface area contributed by atoms with Crippen molar-refractivity contribution in [1.29, 1.82) is 0 Å². The van der Waals surface area contributed by atoms with Crippen LogP contribution in [0, 0.1) is 0 Å². The molecule has 1 amide bonds. The van der Waals surface area contributed by atoms with Gasteiger partial charge in [0.2, 0.25) is 0 Å². The fourth-order valence-electron chi connectivity index (χ4n) is 0.479. The summed E-state index contributed by atoms with van der Waals surface area (Å²) in [7, 11) is 6.01. The summed E-state index contributed by atoms with van der Waals surface area (Å²) in [6.45, 7) is 0. The van der Waals surface area contributed by atoms with Gasteiger partial charge in [-0.3, -0.25) is 4.84 Å². The Morgan fingerprint density at radius 2 is 1.80 bits per heavy atom. The van der Waals surface area contributed by atoms with Crippen molar-refractivity contribution in [3.8, 4) is 0 Å². The van der Waals surface area contributed by atoms with Crippen LogP contribution >= 0.6 is 0 Å². The number of hydrogen-bond acceptors (Lipinski definition) is 4. The van der Waals surface area contributed by atoms with Crippen LogP contribution in [0.4, 0.5) is 4.79 Å². The average molecular weight is 148 g/mol. The van der Waals surface area contributed by atoms with E-state index in [1.165, 1.54) is 19.2 Å². The first kappa shape index (κ1) is 9.19. The van der Waals surface area contributed by atoms with Crippen molar-refractivity contribution in [1.82, 2.24) is 10.2 Å². The summed E-state index contributed by atoms with van der Waals surface area (Å²) in [6.07, 6.45) is -0.549. The van der Waals surface area contributed by atoms with E-state index in [0.717, 1.165) is 5.17 Å². The number of hydrazine groups is 1. The van der Waals surface area contributed by atoms with Gasteiger partial charge in [0.15, 0.2) is 0 Å². The third-order valence-electron chi connectivity index (χ3n) is 0.867. The van der Waals surface area contributed by atoms with E-state index in [1.54, 1.807) is 14.1 Å². The third kappa shape index (κ3) is 2.20. The lowest BCUT2D eigenvalue weighted by Crippen LogP contribution is -2.40. The van der Waals surface area contributed by atoms with Gasteiger partial charge < -0.3 is 4.74 Å². The van der Waals surface area contributed by atoms with Crippen LogP contribution in [-0.2, 0) is 9.57 Å². The van der Waals surface area contributed by atoms with Gasteiger partial charge in [0.1, 0.15) is 0 Å². The molecule has 0 unspecified atom stereocenters. The summed E-state index contributed by atoms with van der Waals surface area (Å²) in [6, 6.07) is 0. The number of hydrogen-bond donors (Lipinski definition) is 0. The van der Waals surface area contributed by atoms with E-state index in [-0.39, 0.29) is 0 Å². The first-order chi connectivity index (χ1) is 4.63. The van der Waals surface area contributed by atoms with Crippen molar-refractivity contribution in [3.05, 3.63) is 0 Å². The van der Waals surface area contributed by atoms with Gasteiger partial charge in [-0.25, -0.2) is 4.79 Å². The molecule has 0 radical (unpaired) electrons. The molecule has 0 spiro atoms. The van der Waals surface area contributed by atoms with Crippen LogP contribution in [0.2, 0.25) is 0 Å². The monoisotopic (exact) mass is 148 g/mol. The van der Waals surface area contributed by atoms with E-state index in [9.17, 15) is 4.79 Å². The Balaban J connectivity index is 3.93. The minimum absolute atomic E-state index is 0.549. The molecular formula is C5H12N2O3. The second-order valence-corrected chi connectivity index (χ2v) is 1.77. The molecule has 60 valence electrons. The standard InChI is InChI=1S/C5H12N2O3/c1-6(2)7(10-4)5(8)9-3/h1-4H3. The van der Waals surface area contributed by atoms with E-state index in [2.05, 4.69) is 9.57 Å². The van der Waals surface area contributed by atoms with E-state index < -0.39 is 6.09 Å². The SMILES string of the molecule is COC(=O)N(OC)N(C)C. The summed E-state index contributed by atoms with van der Waals surface area (Å²) >= 11 is 0. The Morgan fingerprint density at radius 3 is 1.90 bits per heavy atom. The molecule has 0 aromatic rings. The third-order valence-corrected chi connectivity index (χ3v) is 0.867. The molecule has 0 atom stereocenters. The van der Waals surface area contributed by atoms with Crippen molar-refractivity contribution >= 4 is 6.09 Å². The van der Waals surface area contributed by atoms with Gasteiger partial charge in [0.25, 0.3) is 0 Å². The fourth-order valence-corrected chi connectivity index (χ4v) is 0.479. The van der Waals surface area contributed by atoms with Gasteiger partial charge >= 0.3 is 6.09 Å². The molecule has 10 heavy (non-hydrogen) atoms. The summed E-state index contributed by atoms with van der Waals surface area (Å²) in [5, 5.41) is 2.45. The van der Waals surface area contributed by atoms with Crippen LogP contribution in [0.1, 0.15) is 0 Å². The predicted molar refractivity (Wildman–Crippen MR) is 34.9 cm³/mol. The molecule has 0 aliphatic rings. The Morgan fingerprint density at radius 1 is 1.30 bits per heavy atom. The lowest BCUT2D eigenvalue weighted by molar-refractivity contribution is -0.216. The number of methoxy groups -OCH3 is 1. The van der Waals surface area contributed by atoms with Crippen molar-refractivity contribution in [2.45, 2.75) is 0 Å². The minimum Gasteiger partial charge on any atom is -0.450 e. The Hall–Kier alpha value is -0.810. The van der Waals surface area contributed by atoms with Crippen molar-refractivity contribution < 1.29 is 14.4 Å². The molecule has 0 aliphatic heterocycles. The zero-order valence-corrected chi connectivity index (χ0v) is 6.62. The number of hydroxylamine groups is 1. The van der Waals surface area contributed by atoms with Crippen LogP contribution in [0.15, 0.2) is 0 Å². The van der Waals surface area contributed by atoms with Crippen LogP contribution in [0.5, 0.6) is 0 Å². The second-order valence-electron chi connectivity index (χ2n) is 1.77. The molecule has 0 aromatic carbocycles. The lowest BCUT2D eigenvalue weighted by atomic mass is 11.0. The van der Waals surface area contributed by atoms with Gasteiger partial charge in [0.05, 0.1) is 14.2 Å². The quantitative estimate of drug-likeness (QED) is 0.520. The maximum atomic E-state index is 10.7. The molecule has 0 saturated carbocycles. The minimum atomic E-state index is -0.549. The van der Waals surface area contributed by atoms with Crippen LogP contribution in [0.25, 0.3) is 0 Å². The smallest absolute Gasteiger partial charge is 0.449 e. The Bertz CT molecular complexity index is 115. The highest BCUT2D eigenvalue weighted by molar-refractivity contribution is 5.65. The van der Waals surface area contributed by atoms with Crippen molar-refractivity contribution in [3.63, 3.8) is 0 Å². The molecular weight excluding hydrogens is 136 g/mol. The highest BCUT2D eigenvalue weighted by Crippen LogP contribution is 1.93. The highest BCUT2D eigenvalue weighted by atomic mass is 16.8. The van der Waals surface area contributed by atoms with Crippen LogP contribution < -0.4 is 0 Å². The maximum Gasteiger partial charge on any atom is 0.449 e. The topological polar surface area (TPSA) is 42.0 Å². The molecule has 0 bridgehead atoms. The van der Waals surface area contributed by atoms with E-state index in [0.29, 0.717) is 0 Å². The second kappa shape index (κ2) is 4.08. The first-order valence-corrected chi connectivity index (χ1v) is 2.73. The number of amides is 1. The van der Waals surface area contributed by atoms with Gasteiger partial charge in [-0.15, -0.1) is 5.17 Å². The number of nitrogens with zero attached hydrogens (tertiary/aromatic N) is 2. The van der Waals surface area contributed by atoms with E-state index in [1.807, 2.05) is 0 Å². The summed E-state index contributed by atoms with van der Waals surface area (Å²) in [4.78, 5) is 15.4. The molecule has 0 rings (SSSR count). The molecule has 0 heterocycles. The van der Waals surface area contributed by atoms with Crippen LogP contribution in [-0.4, -0.2) is 44.6 Å². The predicted octanol–water partition coefficient (Wildman–Crippen LogP) is 0.0928. The van der Waals surface area contributed by atoms with Crippen LogP contribution in [0.3, 0.4) is 0 Å². The molecule has 0 N–H and O–H groups in total.